The SMILES string of the molecule is C1=C/CC[n+]2cccc(c2)CCCCCCCCCCCC[n+]2cccc(c2)CCCCCCCCCC/1. The lowest BCUT2D eigenvalue weighted by Gasteiger charge is -2.04. The molecule has 0 aliphatic carbocycles. The highest BCUT2D eigenvalue weighted by molar-refractivity contribution is 5.06. The third-order valence-corrected chi connectivity index (χ3v) is 8.28. The Kier molecular flexibility index (Phi) is 16.8. The van der Waals surface area contributed by atoms with E-state index in [0.717, 1.165) is 13.0 Å². The van der Waals surface area contributed by atoms with E-state index in [1.807, 2.05) is 0 Å². The first-order valence-electron chi connectivity index (χ1n) is 16.5. The maximum Gasteiger partial charge on any atom is 0.171 e. The third kappa shape index (κ3) is 14.8. The summed E-state index contributed by atoms with van der Waals surface area (Å²) in [5.74, 6) is 0. The molecule has 3 heterocycles. The Balaban J connectivity index is 1.36. The molecule has 0 saturated carbocycles. The molecule has 1 aliphatic rings. The number of nitrogens with zero attached hydrogens (tertiary/aromatic N) is 2. The van der Waals surface area contributed by atoms with Crippen molar-refractivity contribution in [3.05, 3.63) is 72.3 Å². The molecule has 2 aromatic heterocycles. The lowest BCUT2D eigenvalue weighted by molar-refractivity contribution is -0.697. The summed E-state index contributed by atoms with van der Waals surface area (Å²) in [6.45, 7) is 2.29. The molecule has 0 amide bonds. The summed E-state index contributed by atoms with van der Waals surface area (Å²) in [6, 6.07) is 9.13. The number of aromatic nitrogens is 2. The summed E-state index contributed by atoms with van der Waals surface area (Å²) < 4.78 is 4.82. The molecule has 1 aliphatic heterocycles. The van der Waals surface area contributed by atoms with Gasteiger partial charge in [0.1, 0.15) is 6.54 Å². The largest absolute Gasteiger partial charge is 0.205 e. The molecule has 2 heteroatoms. The summed E-state index contributed by atoms with van der Waals surface area (Å²) in [5.41, 5.74) is 3.03. The monoisotopic (exact) mass is 518 g/mol. The molecule has 0 aromatic carbocycles. The Hall–Kier alpha value is -1.96. The maximum atomic E-state index is 2.43. The van der Waals surface area contributed by atoms with Crippen molar-refractivity contribution >= 4 is 0 Å². The van der Waals surface area contributed by atoms with Crippen molar-refractivity contribution < 1.29 is 9.13 Å². The van der Waals surface area contributed by atoms with Gasteiger partial charge < -0.3 is 0 Å². The first kappa shape index (κ1) is 30.6. The number of rotatable bonds is 0. The van der Waals surface area contributed by atoms with Gasteiger partial charge in [0.25, 0.3) is 0 Å². The quantitative estimate of drug-likeness (QED) is 0.242. The number of hydrogen-bond donors (Lipinski definition) is 0. The van der Waals surface area contributed by atoms with Gasteiger partial charge in [-0.2, -0.15) is 0 Å². The molecule has 0 radical (unpaired) electrons. The standard InChI is InChI=1S/C36H58N2/c1-2-5-9-13-17-21-29-37-31-24-28-36(34-37)26-20-16-12-8-4-6-10-14-18-22-30-38-32-23-27-35(33-38)25-19-15-11-7-3-1/h13,17,23-24,27-28,31-34H,1-12,14-16,18-22,25-26,29-30H2/q+2/b17-13+. The normalized spacial score (nSPS) is 20.4. The summed E-state index contributed by atoms with van der Waals surface area (Å²) in [5, 5.41) is 0. The predicted molar refractivity (Wildman–Crippen MR) is 162 cm³/mol. The van der Waals surface area contributed by atoms with Crippen LogP contribution in [0.1, 0.15) is 140 Å². The van der Waals surface area contributed by atoms with Crippen molar-refractivity contribution in [3.8, 4) is 0 Å². The van der Waals surface area contributed by atoms with Crippen molar-refractivity contribution in [2.75, 3.05) is 0 Å². The first-order chi connectivity index (χ1) is 18.9. The second kappa shape index (κ2) is 20.9. The van der Waals surface area contributed by atoms with Crippen LogP contribution in [0.3, 0.4) is 0 Å². The van der Waals surface area contributed by atoms with Gasteiger partial charge in [-0.25, -0.2) is 9.13 Å². The van der Waals surface area contributed by atoms with Crippen LogP contribution in [0.2, 0.25) is 0 Å². The van der Waals surface area contributed by atoms with Crippen molar-refractivity contribution in [3.63, 3.8) is 0 Å². The summed E-state index contributed by atoms with van der Waals surface area (Å²) in [4.78, 5) is 0. The molecule has 2 aromatic rings. The summed E-state index contributed by atoms with van der Waals surface area (Å²) in [6.07, 6.45) is 44.1. The molecular formula is C36H58N2+2. The predicted octanol–water partition coefficient (Wildman–Crippen LogP) is 9.42. The highest BCUT2D eigenvalue weighted by Gasteiger charge is 2.04. The summed E-state index contributed by atoms with van der Waals surface area (Å²) >= 11 is 0. The number of allylic oxidation sites excluding steroid dienone is 2. The van der Waals surface area contributed by atoms with Gasteiger partial charge in [-0.3, -0.25) is 0 Å². The highest BCUT2D eigenvalue weighted by atomic mass is 14.9. The van der Waals surface area contributed by atoms with Crippen LogP contribution in [0.15, 0.2) is 61.2 Å². The van der Waals surface area contributed by atoms with Gasteiger partial charge in [0.2, 0.25) is 0 Å². The smallest absolute Gasteiger partial charge is 0.171 e. The first-order valence-corrected chi connectivity index (χ1v) is 16.5. The molecule has 210 valence electrons. The molecule has 0 fully saturated rings. The van der Waals surface area contributed by atoms with Crippen molar-refractivity contribution in [1.29, 1.82) is 0 Å². The number of fused-ring (bicyclic) bond motifs is 4. The van der Waals surface area contributed by atoms with Crippen LogP contribution in [0.25, 0.3) is 0 Å². The lowest BCUT2D eigenvalue weighted by atomic mass is 10.0. The minimum absolute atomic E-state index is 1.11. The minimum Gasteiger partial charge on any atom is -0.205 e. The van der Waals surface area contributed by atoms with Crippen molar-refractivity contribution in [1.82, 2.24) is 0 Å². The topological polar surface area (TPSA) is 7.76 Å². The molecule has 0 spiro atoms. The zero-order chi connectivity index (χ0) is 26.4. The average Bonchev–Trinajstić information content (AvgIpc) is 2.94. The Morgan fingerprint density at radius 3 is 1.37 bits per heavy atom. The lowest BCUT2D eigenvalue weighted by Crippen LogP contribution is -2.33. The second-order valence-electron chi connectivity index (χ2n) is 11.8. The molecule has 0 atom stereocenters. The number of aryl methyl sites for hydroxylation is 4. The fourth-order valence-electron chi connectivity index (χ4n) is 5.88. The maximum absolute atomic E-state index is 2.43. The van der Waals surface area contributed by atoms with Crippen LogP contribution >= 0.6 is 0 Å². The Labute approximate surface area is 235 Å². The number of pyridine rings is 2. The van der Waals surface area contributed by atoms with Gasteiger partial charge in [0, 0.05) is 36.1 Å². The zero-order valence-electron chi connectivity index (χ0n) is 24.6. The van der Waals surface area contributed by atoms with E-state index >= 15 is 0 Å². The molecule has 2 nitrogen and oxygen atoms in total. The number of hydrogen-bond acceptors (Lipinski definition) is 0. The second-order valence-corrected chi connectivity index (χ2v) is 11.8. The highest BCUT2D eigenvalue weighted by Crippen LogP contribution is 2.14. The summed E-state index contributed by atoms with van der Waals surface area (Å²) in [7, 11) is 0. The van der Waals surface area contributed by atoms with Gasteiger partial charge in [-0.05, 0) is 57.1 Å². The zero-order valence-corrected chi connectivity index (χ0v) is 24.6. The van der Waals surface area contributed by atoms with E-state index in [4.69, 9.17) is 0 Å². The van der Waals surface area contributed by atoms with E-state index in [1.165, 1.54) is 153 Å². The Morgan fingerprint density at radius 1 is 0.395 bits per heavy atom. The van der Waals surface area contributed by atoms with E-state index in [-0.39, 0.29) is 0 Å². The molecule has 4 bridgehead atoms. The molecule has 0 saturated heterocycles. The Morgan fingerprint density at radius 2 is 0.816 bits per heavy atom. The van der Waals surface area contributed by atoms with Gasteiger partial charge in [-0.15, -0.1) is 0 Å². The van der Waals surface area contributed by atoms with Gasteiger partial charge in [0.15, 0.2) is 31.3 Å². The molecule has 0 N–H and O–H groups in total. The van der Waals surface area contributed by atoms with E-state index in [0.29, 0.717) is 0 Å². The fourth-order valence-corrected chi connectivity index (χ4v) is 5.88. The van der Waals surface area contributed by atoms with Crippen LogP contribution in [-0.2, 0) is 25.9 Å². The molecule has 38 heavy (non-hydrogen) atoms. The molecule has 0 unspecified atom stereocenters. The average molecular weight is 519 g/mol. The third-order valence-electron chi connectivity index (χ3n) is 8.28. The van der Waals surface area contributed by atoms with Crippen molar-refractivity contribution in [2.24, 2.45) is 0 Å². The minimum atomic E-state index is 1.11. The van der Waals surface area contributed by atoms with E-state index < -0.39 is 0 Å². The molecular weight excluding hydrogens is 460 g/mol. The van der Waals surface area contributed by atoms with Crippen molar-refractivity contribution in [2.45, 2.75) is 154 Å². The fraction of sp³-hybridized carbons (Fsp3) is 0.667. The van der Waals surface area contributed by atoms with E-state index in [2.05, 4.69) is 70.3 Å². The van der Waals surface area contributed by atoms with Crippen LogP contribution in [0.5, 0.6) is 0 Å². The van der Waals surface area contributed by atoms with Gasteiger partial charge in [-0.1, -0.05) is 95.6 Å². The Bertz CT molecular complexity index is 871. The van der Waals surface area contributed by atoms with Crippen LogP contribution < -0.4 is 9.13 Å². The van der Waals surface area contributed by atoms with Gasteiger partial charge in [0.05, 0.1) is 0 Å². The van der Waals surface area contributed by atoms with Gasteiger partial charge >= 0.3 is 0 Å². The van der Waals surface area contributed by atoms with Crippen LogP contribution in [0, 0.1) is 0 Å². The molecule has 3 rings (SSSR count). The van der Waals surface area contributed by atoms with Crippen LogP contribution in [-0.4, -0.2) is 0 Å². The van der Waals surface area contributed by atoms with E-state index in [1.54, 1.807) is 0 Å². The van der Waals surface area contributed by atoms with Crippen LogP contribution in [0.4, 0.5) is 0 Å². The van der Waals surface area contributed by atoms with E-state index in [9.17, 15) is 0 Å².